The van der Waals surface area contributed by atoms with Gasteiger partial charge in [-0.25, -0.2) is 5.14 Å². The van der Waals surface area contributed by atoms with Crippen LogP contribution >= 0.6 is 11.6 Å². The Bertz CT molecular complexity index is 501. The first kappa shape index (κ1) is 13.1. The normalized spacial score (nSPS) is 12.6. The lowest BCUT2D eigenvalue weighted by Crippen LogP contribution is -2.22. The van der Waals surface area contributed by atoms with Crippen molar-refractivity contribution in [2.24, 2.45) is 5.14 Å². The first-order valence-electron chi connectivity index (χ1n) is 3.77. The molecule has 0 aromatic heterocycles. The summed E-state index contributed by atoms with van der Waals surface area (Å²) in [6.45, 7) is 0. The zero-order chi connectivity index (χ0) is 12.6. The Hall–Kier alpha value is -0.990. The van der Waals surface area contributed by atoms with Crippen LogP contribution in [0.1, 0.15) is 5.56 Å². The Labute approximate surface area is 94.4 Å². The molecule has 4 nitrogen and oxygen atoms in total. The highest BCUT2D eigenvalue weighted by Gasteiger charge is 2.31. The van der Waals surface area contributed by atoms with Gasteiger partial charge < -0.3 is 0 Å². The van der Waals surface area contributed by atoms with Crippen molar-refractivity contribution < 1.29 is 21.6 Å². The first-order chi connectivity index (χ1) is 7.09. The summed E-state index contributed by atoms with van der Waals surface area (Å²) in [4.78, 5) is 0. The maximum absolute atomic E-state index is 12.3. The van der Waals surface area contributed by atoms with Gasteiger partial charge in [0.25, 0.3) is 10.2 Å². The molecule has 1 aromatic rings. The summed E-state index contributed by atoms with van der Waals surface area (Å²) in [7, 11) is -4.16. The minimum Gasteiger partial charge on any atom is -0.270 e. The molecule has 0 aliphatic carbocycles. The zero-order valence-electron chi connectivity index (χ0n) is 7.55. The molecule has 0 heterocycles. The van der Waals surface area contributed by atoms with Crippen LogP contribution in [0.15, 0.2) is 18.2 Å². The lowest BCUT2D eigenvalue weighted by atomic mass is 10.2. The molecule has 3 N–H and O–H groups in total. The molecule has 16 heavy (non-hydrogen) atoms. The molecule has 0 aliphatic rings. The summed E-state index contributed by atoms with van der Waals surface area (Å²) >= 11 is 5.50. The maximum Gasteiger partial charge on any atom is 0.416 e. The second-order valence-corrected chi connectivity index (χ2v) is 4.54. The van der Waals surface area contributed by atoms with E-state index in [1.807, 2.05) is 0 Å². The Morgan fingerprint density at radius 1 is 1.31 bits per heavy atom. The number of hydrogen-bond acceptors (Lipinski definition) is 2. The Balaban J connectivity index is 3.20. The third kappa shape index (κ3) is 3.54. The Kier molecular flexibility index (Phi) is 3.36. The predicted molar refractivity (Wildman–Crippen MR) is 53.2 cm³/mol. The number of nitrogens with one attached hydrogen (secondary N) is 1. The van der Waals surface area contributed by atoms with Crippen LogP contribution in [-0.2, 0) is 16.4 Å². The monoisotopic (exact) mass is 274 g/mol. The molecule has 0 atom stereocenters. The SMILES string of the molecule is NS(=O)(=O)Nc1cc(C(F)(F)F)ccc1Cl. The molecule has 1 rings (SSSR count). The maximum atomic E-state index is 12.3. The minimum absolute atomic E-state index is 0.179. The molecule has 0 unspecified atom stereocenters. The summed E-state index contributed by atoms with van der Waals surface area (Å²) in [5.74, 6) is 0. The molecule has 0 saturated heterocycles. The second kappa shape index (κ2) is 4.11. The topological polar surface area (TPSA) is 72.2 Å². The lowest BCUT2D eigenvalue weighted by Gasteiger charge is -2.10. The fourth-order valence-electron chi connectivity index (χ4n) is 0.933. The van der Waals surface area contributed by atoms with E-state index >= 15 is 0 Å². The van der Waals surface area contributed by atoms with E-state index in [9.17, 15) is 21.6 Å². The van der Waals surface area contributed by atoms with Gasteiger partial charge in [0.2, 0.25) is 0 Å². The third-order valence-electron chi connectivity index (χ3n) is 1.55. The highest BCUT2D eigenvalue weighted by Crippen LogP contribution is 2.33. The van der Waals surface area contributed by atoms with Crippen molar-refractivity contribution >= 4 is 27.5 Å². The molecule has 0 bridgehead atoms. The summed E-state index contributed by atoms with van der Waals surface area (Å²) in [5, 5.41) is 4.44. The van der Waals surface area contributed by atoms with Crippen LogP contribution in [0.25, 0.3) is 0 Å². The van der Waals surface area contributed by atoms with E-state index in [2.05, 4.69) is 5.14 Å². The van der Waals surface area contributed by atoms with Gasteiger partial charge in [-0.05, 0) is 18.2 Å². The molecule has 0 saturated carbocycles. The van der Waals surface area contributed by atoms with Gasteiger partial charge in [-0.15, -0.1) is 0 Å². The van der Waals surface area contributed by atoms with Crippen LogP contribution < -0.4 is 9.86 Å². The van der Waals surface area contributed by atoms with Crippen LogP contribution in [0.4, 0.5) is 18.9 Å². The summed E-state index contributed by atoms with van der Waals surface area (Å²) in [6.07, 6.45) is -4.58. The average molecular weight is 275 g/mol. The van der Waals surface area contributed by atoms with E-state index < -0.39 is 27.6 Å². The van der Waals surface area contributed by atoms with Crippen LogP contribution in [0, 0.1) is 0 Å². The smallest absolute Gasteiger partial charge is 0.270 e. The molecule has 0 radical (unpaired) electrons. The van der Waals surface area contributed by atoms with Crippen molar-refractivity contribution in [2.45, 2.75) is 6.18 Å². The first-order valence-corrected chi connectivity index (χ1v) is 5.69. The molecule has 0 spiro atoms. The Morgan fingerprint density at radius 2 is 1.88 bits per heavy atom. The summed E-state index contributed by atoms with van der Waals surface area (Å²) in [5.41, 5.74) is -1.44. The predicted octanol–water partition coefficient (Wildman–Crippen LogP) is 1.97. The molecule has 90 valence electrons. The van der Waals surface area contributed by atoms with Gasteiger partial charge in [-0.3, -0.25) is 4.72 Å². The lowest BCUT2D eigenvalue weighted by molar-refractivity contribution is -0.137. The van der Waals surface area contributed by atoms with Crippen molar-refractivity contribution in [2.75, 3.05) is 4.72 Å². The van der Waals surface area contributed by atoms with Crippen molar-refractivity contribution in [3.8, 4) is 0 Å². The fraction of sp³-hybridized carbons (Fsp3) is 0.143. The van der Waals surface area contributed by atoms with Gasteiger partial charge in [0.15, 0.2) is 0 Å². The van der Waals surface area contributed by atoms with E-state index in [1.54, 1.807) is 4.72 Å². The van der Waals surface area contributed by atoms with Crippen molar-refractivity contribution in [1.82, 2.24) is 0 Å². The average Bonchev–Trinajstić information content (AvgIpc) is 2.04. The number of rotatable bonds is 2. The van der Waals surface area contributed by atoms with Gasteiger partial charge in [-0.2, -0.15) is 21.6 Å². The van der Waals surface area contributed by atoms with Crippen LogP contribution in [-0.4, -0.2) is 8.42 Å². The number of hydrogen-bond donors (Lipinski definition) is 2. The molecular weight excluding hydrogens is 269 g/mol. The fourth-order valence-corrected chi connectivity index (χ4v) is 1.63. The summed E-state index contributed by atoms with van der Waals surface area (Å²) in [6, 6.07) is 2.22. The van der Waals surface area contributed by atoms with Gasteiger partial charge in [0.1, 0.15) is 0 Å². The highest BCUT2D eigenvalue weighted by molar-refractivity contribution is 7.90. The third-order valence-corrected chi connectivity index (χ3v) is 2.38. The Morgan fingerprint density at radius 3 is 2.31 bits per heavy atom. The number of nitrogens with two attached hydrogens (primary N) is 1. The molecule has 9 heteroatoms. The molecule has 1 aromatic carbocycles. The van der Waals surface area contributed by atoms with Crippen molar-refractivity contribution in [3.05, 3.63) is 28.8 Å². The zero-order valence-corrected chi connectivity index (χ0v) is 9.12. The van der Waals surface area contributed by atoms with Crippen molar-refractivity contribution in [1.29, 1.82) is 0 Å². The van der Waals surface area contributed by atoms with Crippen LogP contribution in [0.2, 0.25) is 5.02 Å². The van der Waals surface area contributed by atoms with E-state index in [-0.39, 0.29) is 5.02 Å². The minimum atomic E-state index is -4.58. The van der Waals surface area contributed by atoms with Gasteiger partial charge in [-0.1, -0.05) is 11.6 Å². The number of anilines is 1. The van der Waals surface area contributed by atoms with Crippen LogP contribution in [0.3, 0.4) is 0 Å². The van der Waals surface area contributed by atoms with E-state index in [0.717, 1.165) is 12.1 Å². The van der Waals surface area contributed by atoms with Gasteiger partial charge in [0, 0.05) is 0 Å². The van der Waals surface area contributed by atoms with E-state index in [0.29, 0.717) is 6.07 Å². The van der Waals surface area contributed by atoms with Crippen LogP contribution in [0.5, 0.6) is 0 Å². The summed E-state index contributed by atoms with van der Waals surface area (Å²) < 4.78 is 59.8. The van der Waals surface area contributed by atoms with E-state index in [4.69, 9.17) is 11.6 Å². The quantitative estimate of drug-likeness (QED) is 0.865. The van der Waals surface area contributed by atoms with E-state index in [1.165, 1.54) is 0 Å². The highest BCUT2D eigenvalue weighted by atomic mass is 35.5. The molecule has 0 amide bonds. The largest absolute Gasteiger partial charge is 0.416 e. The molecule has 0 aliphatic heterocycles. The van der Waals surface area contributed by atoms with Gasteiger partial charge in [0.05, 0.1) is 16.3 Å². The number of benzene rings is 1. The second-order valence-electron chi connectivity index (χ2n) is 2.84. The van der Waals surface area contributed by atoms with Crippen molar-refractivity contribution in [3.63, 3.8) is 0 Å². The molecule has 0 fully saturated rings. The number of halogens is 4. The molecular formula is C7H6ClF3N2O2S. The standard InChI is InChI=1S/C7H6ClF3N2O2S/c8-5-2-1-4(7(9,10)11)3-6(5)13-16(12,14)15/h1-3,13H,(H2,12,14,15). The number of alkyl halides is 3. The van der Waals surface area contributed by atoms with Gasteiger partial charge >= 0.3 is 6.18 Å².